The minimum absolute atomic E-state index is 0.0312. The van der Waals surface area contributed by atoms with E-state index in [-0.39, 0.29) is 9.37 Å². The van der Waals surface area contributed by atoms with E-state index in [1.165, 1.54) is 12.1 Å². The van der Waals surface area contributed by atoms with Crippen molar-refractivity contribution < 1.29 is 12.8 Å². The molecule has 0 saturated heterocycles. The molecule has 1 aliphatic rings. The van der Waals surface area contributed by atoms with E-state index in [1.807, 2.05) is 6.92 Å². The molecule has 0 spiro atoms. The highest BCUT2D eigenvalue weighted by atomic mass is 79.9. The van der Waals surface area contributed by atoms with Gasteiger partial charge >= 0.3 is 0 Å². The molecule has 0 unspecified atom stereocenters. The van der Waals surface area contributed by atoms with Crippen molar-refractivity contribution >= 4 is 26.0 Å². The Morgan fingerprint density at radius 1 is 1.33 bits per heavy atom. The molecular formula is C12H15BrFNO2S. The summed E-state index contributed by atoms with van der Waals surface area (Å²) in [5, 5.41) is 0. The summed E-state index contributed by atoms with van der Waals surface area (Å²) in [6.45, 7) is 1.90. The lowest BCUT2D eigenvalue weighted by molar-refractivity contribution is 0.427. The third-order valence-electron chi connectivity index (χ3n) is 3.29. The van der Waals surface area contributed by atoms with Gasteiger partial charge in [0.1, 0.15) is 5.82 Å². The second-order valence-corrected chi connectivity index (χ2v) is 7.49. The molecule has 1 fully saturated rings. The van der Waals surface area contributed by atoms with Crippen LogP contribution in [-0.2, 0) is 10.0 Å². The molecule has 18 heavy (non-hydrogen) atoms. The number of rotatable bonds is 3. The number of hydrogen-bond donors (Lipinski definition) is 1. The van der Waals surface area contributed by atoms with Gasteiger partial charge in [-0.05, 0) is 53.9 Å². The molecule has 0 aliphatic heterocycles. The molecule has 0 radical (unpaired) electrons. The number of nitrogens with one attached hydrogen (secondary N) is 1. The van der Waals surface area contributed by atoms with Crippen LogP contribution in [0, 0.1) is 5.82 Å². The molecule has 1 N–H and O–H groups in total. The van der Waals surface area contributed by atoms with E-state index in [4.69, 9.17) is 0 Å². The lowest BCUT2D eigenvalue weighted by Crippen LogP contribution is -2.43. The SMILES string of the molecule is CC1(NS(=O)(=O)c2ccc(Br)c(F)c2)CCCC1. The molecule has 0 atom stereocenters. The highest BCUT2D eigenvalue weighted by molar-refractivity contribution is 9.10. The Morgan fingerprint density at radius 2 is 1.94 bits per heavy atom. The smallest absolute Gasteiger partial charge is 0.207 e. The Kier molecular flexibility index (Phi) is 3.80. The van der Waals surface area contributed by atoms with E-state index in [1.54, 1.807) is 0 Å². The molecule has 1 saturated carbocycles. The van der Waals surface area contributed by atoms with Crippen molar-refractivity contribution in [1.29, 1.82) is 0 Å². The van der Waals surface area contributed by atoms with Gasteiger partial charge in [0.2, 0.25) is 10.0 Å². The van der Waals surface area contributed by atoms with Gasteiger partial charge in [-0.3, -0.25) is 0 Å². The molecular weight excluding hydrogens is 321 g/mol. The van der Waals surface area contributed by atoms with Crippen LogP contribution in [-0.4, -0.2) is 14.0 Å². The number of benzene rings is 1. The first-order chi connectivity index (χ1) is 8.32. The highest BCUT2D eigenvalue weighted by Crippen LogP contribution is 2.31. The van der Waals surface area contributed by atoms with Crippen LogP contribution >= 0.6 is 15.9 Å². The largest absolute Gasteiger partial charge is 0.241 e. The fourth-order valence-corrected chi connectivity index (χ4v) is 4.01. The zero-order chi connectivity index (χ0) is 13.4. The molecule has 100 valence electrons. The van der Waals surface area contributed by atoms with Gasteiger partial charge < -0.3 is 0 Å². The fraction of sp³-hybridized carbons (Fsp3) is 0.500. The van der Waals surface area contributed by atoms with Gasteiger partial charge in [-0.2, -0.15) is 0 Å². The van der Waals surface area contributed by atoms with E-state index in [9.17, 15) is 12.8 Å². The van der Waals surface area contributed by atoms with Gasteiger partial charge in [0.25, 0.3) is 0 Å². The summed E-state index contributed by atoms with van der Waals surface area (Å²) in [7, 11) is -3.65. The van der Waals surface area contributed by atoms with Crippen molar-refractivity contribution in [2.75, 3.05) is 0 Å². The lowest BCUT2D eigenvalue weighted by atomic mass is 10.0. The Hall–Kier alpha value is -0.460. The first kappa shape index (κ1) is 14.0. The molecule has 1 aliphatic carbocycles. The quantitative estimate of drug-likeness (QED) is 0.921. The summed E-state index contributed by atoms with van der Waals surface area (Å²) in [6.07, 6.45) is 3.69. The van der Waals surface area contributed by atoms with Crippen LogP contribution in [0.25, 0.3) is 0 Å². The topological polar surface area (TPSA) is 46.2 Å². The molecule has 0 amide bonds. The van der Waals surface area contributed by atoms with Crippen LogP contribution in [0.4, 0.5) is 4.39 Å². The molecule has 0 bridgehead atoms. The summed E-state index contributed by atoms with van der Waals surface area (Å²) in [6, 6.07) is 3.83. The van der Waals surface area contributed by atoms with Crippen molar-refractivity contribution in [2.24, 2.45) is 0 Å². The summed E-state index contributed by atoms with van der Waals surface area (Å²) < 4.78 is 40.6. The van der Waals surface area contributed by atoms with Crippen LogP contribution in [0.15, 0.2) is 27.6 Å². The second-order valence-electron chi connectivity index (χ2n) is 4.95. The van der Waals surface area contributed by atoms with Crippen molar-refractivity contribution in [3.8, 4) is 0 Å². The molecule has 3 nitrogen and oxygen atoms in total. The van der Waals surface area contributed by atoms with Gasteiger partial charge in [0.05, 0.1) is 9.37 Å². The van der Waals surface area contributed by atoms with Crippen molar-refractivity contribution in [1.82, 2.24) is 4.72 Å². The van der Waals surface area contributed by atoms with Crippen LogP contribution in [0.5, 0.6) is 0 Å². The summed E-state index contributed by atoms with van der Waals surface area (Å²) in [4.78, 5) is -0.0312. The average molecular weight is 336 g/mol. The monoisotopic (exact) mass is 335 g/mol. The molecule has 1 aromatic carbocycles. The first-order valence-electron chi connectivity index (χ1n) is 5.81. The van der Waals surface area contributed by atoms with Gasteiger partial charge in [-0.1, -0.05) is 12.8 Å². The summed E-state index contributed by atoms with van der Waals surface area (Å²) in [5.74, 6) is -0.575. The van der Waals surface area contributed by atoms with Crippen LogP contribution < -0.4 is 4.72 Å². The normalized spacial score (nSPS) is 19.1. The van der Waals surface area contributed by atoms with E-state index in [0.29, 0.717) is 0 Å². The first-order valence-corrected chi connectivity index (χ1v) is 8.09. The minimum atomic E-state index is -3.65. The van der Waals surface area contributed by atoms with E-state index in [0.717, 1.165) is 31.7 Å². The predicted octanol–water partition coefficient (Wildman–Crippen LogP) is 3.20. The van der Waals surface area contributed by atoms with Crippen LogP contribution in [0.3, 0.4) is 0 Å². The lowest BCUT2D eigenvalue weighted by Gasteiger charge is -2.24. The van der Waals surface area contributed by atoms with Crippen molar-refractivity contribution in [3.05, 3.63) is 28.5 Å². The summed E-state index contributed by atoms with van der Waals surface area (Å²) >= 11 is 3.00. The average Bonchev–Trinajstić information content (AvgIpc) is 2.67. The summed E-state index contributed by atoms with van der Waals surface area (Å²) in [5.41, 5.74) is -0.400. The van der Waals surface area contributed by atoms with Gasteiger partial charge in [-0.25, -0.2) is 17.5 Å². The maximum absolute atomic E-state index is 13.4. The van der Waals surface area contributed by atoms with Crippen molar-refractivity contribution in [3.63, 3.8) is 0 Å². The molecule has 0 heterocycles. The Balaban J connectivity index is 2.27. The second kappa shape index (κ2) is 4.90. The maximum Gasteiger partial charge on any atom is 0.241 e. The third kappa shape index (κ3) is 2.92. The standard InChI is InChI=1S/C12H15BrFNO2S/c1-12(6-2-3-7-12)15-18(16,17)9-4-5-10(13)11(14)8-9/h4-5,8,15H,2-3,6-7H2,1H3. The molecule has 2 rings (SSSR count). The van der Waals surface area contributed by atoms with Crippen LogP contribution in [0.1, 0.15) is 32.6 Å². The Bertz CT molecular complexity index is 553. The highest BCUT2D eigenvalue weighted by Gasteiger charge is 2.33. The fourth-order valence-electron chi connectivity index (χ4n) is 2.28. The number of sulfonamides is 1. The zero-order valence-corrected chi connectivity index (χ0v) is 12.4. The van der Waals surface area contributed by atoms with E-state index < -0.39 is 21.4 Å². The molecule has 1 aromatic rings. The Morgan fingerprint density at radius 3 is 2.50 bits per heavy atom. The minimum Gasteiger partial charge on any atom is -0.207 e. The third-order valence-corrected chi connectivity index (χ3v) is 5.57. The molecule has 0 aromatic heterocycles. The van der Waals surface area contributed by atoms with Gasteiger partial charge in [0.15, 0.2) is 0 Å². The van der Waals surface area contributed by atoms with E-state index in [2.05, 4.69) is 20.7 Å². The predicted molar refractivity (Wildman–Crippen MR) is 71.3 cm³/mol. The number of hydrogen-bond acceptors (Lipinski definition) is 2. The number of halogens is 2. The van der Waals surface area contributed by atoms with Gasteiger partial charge in [0, 0.05) is 5.54 Å². The van der Waals surface area contributed by atoms with E-state index >= 15 is 0 Å². The zero-order valence-electron chi connectivity index (χ0n) is 10.0. The van der Waals surface area contributed by atoms with Gasteiger partial charge in [-0.15, -0.1) is 0 Å². The van der Waals surface area contributed by atoms with Crippen molar-refractivity contribution in [2.45, 2.75) is 43.0 Å². The Labute approximate surface area is 115 Å². The molecule has 6 heteroatoms. The van der Waals surface area contributed by atoms with Crippen LogP contribution in [0.2, 0.25) is 0 Å². The maximum atomic E-state index is 13.4.